The summed E-state index contributed by atoms with van der Waals surface area (Å²) in [5.74, 6) is -0.436. The first-order valence-corrected chi connectivity index (χ1v) is 7.86. The summed E-state index contributed by atoms with van der Waals surface area (Å²) >= 11 is 4.33. The lowest BCUT2D eigenvalue weighted by molar-refractivity contribution is 0.00578. The number of carboxylic acid groups (broad SMARTS) is 1. The summed E-state index contributed by atoms with van der Waals surface area (Å²) < 4.78 is 12.0. The van der Waals surface area contributed by atoms with Gasteiger partial charge in [-0.1, -0.05) is 6.08 Å². The van der Waals surface area contributed by atoms with Crippen molar-refractivity contribution >= 4 is 37.6 Å². The Balaban J connectivity index is 2.37. The van der Waals surface area contributed by atoms with Crippen molar-refractivity contribution in [2.75, 3.05) is 11.5 Å². The Morgan fingerprint density at radius 2 is 1.96 bits per heavy atom. The predicted octanol–water partition coefficient (Wildman–Crippen LogP) is 2.31. The van der Waals surface area contributed by atoms with Gasteiger partial charge in [0.25, 0.3) is 0 Å². The standard InChI is InChI=1S/C15H21BN2O4S/c1-14(2)15(3,4)22-16(21-14)11(8-23)6-9-5-10(13(19)20)7-18-12(9)17/h5-7,23H,8H2,1-4H3,(H2,17,18)(H,19,20). The smallest absolute Gasteiger partial charge is 0.478 e. The first-order valence-electron chi connectivity index (χ1n) is 7.23. The number of pyridine rings is 1. The number of thiol groups is 1. The fraction of sp³-hybridized carbons (Fsp3) is 0.467. The van der Waals surface area contributed by atoms with Gasteiger partial charge in [-0.05, 0) is 39.2 Å². The van der Waals surface area contributed by atoms with Crippen molar-refractivity contribution < 1.29 is 19.2 Å². The first kappa shape index (κ1) is 17.8. The number of nitrogens with two attached hydrogens (primary N) is 1. The molecule has 0 amide bonds. The van der Waals surface area contributed by atoms with E-state index in [-0.39, 0.29) is 11.4 Å². The molecule has 0 spiro atoms. The highest BCUT2D eigenvalue weighted by molar-refractivity contribution is 7.80. The lowest BCUT2D eigenvalue weighted by atomic mass is 9.78. The highest BCUT2D eigenvalue weighted by atomic mass is 32.1. The Kier molecular flexibility index (Phi) is 4.80. The van der Waals surface area contributed by atoms with Gasteiger partial charge in [-0.3, -0.25) is 0 Å². The van der Waals surface area contributed by atoms with Crippen LogP contribution in [0.15, 0.2) is 17.7 Å². The van der Waals surface area contributed by atoms with E-state index in [1.165, 1.54) is 12.3 Å². The maximum Gasteiger partial charge on any atom is 0.491 e. The maximum atomic E-state index is 11.1. The molecule has 0 saturated carbocycles. The maximum absolute atomic E-state index is 11.1. The lowest BCUT2D eigenvalue weighted by Crippen LogP contribution is -2.41. The topological polar surface area (TPSA) is 94.7 Å². The zero-order valence-electron chi connectivity index (χ0n) is 13.7. The molecule has 0 bridgehead atoms. The van der Waals surface area contributed by atoms with Gasteiger partial charge in [0.15, 0.2) is 0 Å². The van der Waals surface area contributed by atoms with Crippen LogP contribution in [0.1, 0.15) is 43.6 Å². The van der Waals surface area contributed by atoms with Gasteiger partial charge in [0.2, 0.25) is 0 Å². The van der Waals surface area contributed by atoms with Crippen LogP contribution in [0, 0.1) is 0 Å². The highest BCUT2D eigenvalue weighted by Crippen LogP contribution is 2.39. The molecule has 3 N–H and O–H groups in total. The molecule has 23 heavy (non-hydrogen) atoms. The van der Waals surface area contributed by atoms with Gasteiger partial charge in [-0.25, -0.2) is 9.78 Å². The van der Waals surface area contributed by atoms with Crippen molar-refractivity contribution in [1.29, 1.82) is 0 Å². The van der Waals surface area contributed by atoms with Crippen molar-refractivity contribution in [3.8, 4) is 0 Å². The molecule has 1 aliphatic heterocycles. The van der Waals surface area contributed by atoms with Gasteiger partial charge in [-0.15, -0.1) is 0 Å². The van der Waals surface area contributed by atoms with Crippen molar-refractivity contribution in [3.63, 3.8) is 0 Å². The van der Waals surface area contributed by atoms with Crippen LogP contribution in [0.4, 0.5) is 5.82 Å². The summed E-state index contributed by atoms with van der Waals surface area (Å²) in [6.45, 7) is 7.85. The molecule has 1 aliphatic rings. The fourth-order valence-corrected chi connectivity index (χ4v) is 2.35. The molecule has 1 aromatic rings. The third-order valence-electron chi connectivity index (χ3n) is 4.28. The largest absolute Gasteiger partial charge is 0.491 e. The van der Waals surface area contributed by atoms with Crippen LogP contribution in [0.2, 0.25) is 0 Å². The van der Waals surface area contributed by atoms with Crippen LogP contribution in [0.3, 0.4) is 0 Å². The second-order valence-corrected chi connectivity index (χ2v) is 6.79. The van der Waals surface area contributed by atoms with Crippen LogP contribution in [-0.4, -0.2) is 40.1 Å². The molecule has 0 radical (unpaired) electrons. The van der Waals surface area contributed by atoms with E-state index < -0.39 is 24.3 Å². The normalized spacial score (nSPS) is 19.9. The number of aromatic carboxylic acids is 1. The van der Waals surface area contributed by atoms with E-state index >= 15 is 0 Å². The molecular weight excluding hydrogens is 315 g/mol. The van der Waals surface area contributed by atoms with E-state index in [2.05, 4.69) is 17.6 Å². The molecule has 2 heterocycles. The monoisotopic (exact) mass is 336 g/mol. The van der Waals surface area contributed by atoms with Gasteiger partial charge in [-0.2, -0.15) is 12.6 Å². The molecule has 1 aromatic heterocycles. The van der Waals surface area contributed by atoms with E-state index in [0.29, 0.717) is 11.3 Å². The Hall–Kier alpha value is -1.51. The molecule has 0 aliphatic carbocycles. The number of hydrogen-bond acceptors (Lipinski definition) is 6. The zero-order chi connectivity index (χ0) is 17.4. The van der Waals surface area contributed by atoms with Crippen molar-refractivity contribution in [2.24, 2.45) is 0 Å². The van der Waals surface area contributed by atoms with Crippen LogP contribution in [0.5, 0.6) is 0 Å². The van der Waals surface area contributed by atoms with Gasteiger partial charge < -0.3 is 20.1 Å². The van der Waals surface area contributed by atoms with E-state index in [4.69, 9.17) is 20.1 Å². The Morgan fingerprint density at radius 3 is 2.43 bits per heavy atom. The first-order chi connectivity index (χ1) is 10.6. The number of nitrogen functional groups attached to an aromatic ring is 1. The summed E-state index contributed by atoms with van der Waals surface area (Å²) in [5, 5.41) is 9.07. The minimum atomic E-state index is -1.06. The third-order valence-corrected chi connectivity index (χ3v) is 4.64. The SMILES string of the molecule is CC1(C)OB(C(=Cc2cc(C(=O)O)cnc2N)CS)OC1(C)C. The number of hydrogen-bond donors (Lipinski definition) is 3. The summed E-state index contributed by atoms with van der Waals surface area (Å²) in [7, 11) is -0.564. The van der Waals surface area contributed by atoms with E-state index in [0.717, 1.165) is 5.47 Å². The van der Waals surface area contributed by atoms with Gasteiger partial charge in [0.1, 0.15) is 5.82 Å². The number of carbonyl (C=O) groups is 1. The molecule has 0 aromatic carbocycles. The number of rotatable bonds is 4. The van der Waals surface area contributed by atoms with E-state index in [1.54, 1.807) is 6.08 Å². The summed E-state index contributed by atoms with van der Waals surface area (Å²) in [6.07, 6.45) is 2.95. The van der Waals surface area contributed by atoms with Crippen LogP contribution in [0.25, 0.3) is 6.08 Å². The van der Waals surface area contributed by atoms with Crippen molar-refractivity contribution in [3.05, 3.63) is 28.9 Å². The molecule has 0 atom stereocenters. The molecule has 124 valence electrons. The fourth-order valence-electron chi connectivity index (χ4n) is 2.11. The quantitative estimate of drug-likeness (QED) is 0.577. The third kappa shape index (κ3) is 3.54. The molecule has 1 fully saturated rings. The van der Waals surface area contributed by atoms with Gasteiger partial charge >= 0.3 is 13.1 Å². The molecule has 1 saturated heterocycles. The van der Waals surface area contributed by atoms with Crippen LogP contribution >= 0.6 is 12.6 Å². The number of nitrogens with zero attached hydrogens (tertiary/aromatic N) is 1. The minimum Gasteiger partial charge on any atom is -0.478 e. The van der Waals surface area contributed by atoms with Crippen LogP contribution in [-0.2, 0) is 9.31 Å². The highest BCUT2D eigenvalue weighted by Gasteiger charge is 2.52. The number of aromatic nitrogens is 1. The molecular formula is C15H21BN2O4S. The minimum absolute atomic E-state index is 0.0675. The van der Waals surface area contributed by atoms with Crippen LogP contribution < -0.4 is 5.73 Å². The number of carboxylic acids is 1. The second-order valence-electron chi connectivity index (χ2n) is 6.47. The Morgan fingerprint density at radius 1 is 1.39 bits per heavy atom. The van der Waals surface area contributed by atoms with E-state index in [1.807, 2.05) is 27.7 Å². The molecule has 0 unspecified atom stereocenters. The lowest BCUT2D eigenvalue weighted by Gasteiger charge is -2.32. The molecule has 8 heteroatoms. The molecule has 6 nitrogen and oxygen atoms in total. The predicted molar refractivity (Wildman–Crippen MR) is 93.5 cm³/mol. The number of anilines is 1. The average Bonchev–Trinajstić information content (AvgIpc) is 2.66. The Labute approximate surface area is 141 Å². The summed E-state index contributed by atoms with van der Waals surface area (Å²) in [6, 6.07) is 1.47. The van der Waals surface area contributed by atoms with Gasteiger partial charge in [0, 0.05) is 17.5 Å². The summed E-state index contributed by atoms with van der Waals surface area (Å²) in [4.78, 5) is 15.0. The van der Waals surface area contributed by atoms with Crippen molar-refractivity contribution in [2.45, 2.75) is 38.9 Å². The zero-order valence-corrected chi connectivity index (χ0v) is 14.6. The van der Waals surface area contributed by atoms with E-state index in [9.17, 15) is 4.79 Å². The molecule has 2 rings (SSSR count). The van der Waals surface area contributed by atoms with Gasteiger partial charge in [0.05, 0.1) is 16.8 Å². The average molecular weight is 336 g/mol. The second kappa shape index (κ2) is 6.18. The summed E-state index contributed by atoms with van der Waals surface area (Å²) in [5.41, 5.74) is 6.23. The van der Waals surface area contributed by atoms with Crippen molar-refractivity contribution in [1.82, 2.24) is 4.98 Å². The Bertz CT molecular complexity index is 645.